The molecule has 176 valence electrons. The van der Waals surface area contributed by atoms with E-state index in [-0.39, 0.29) is 24.5 Å². The van der Waals surface area contributed by atoms with Crippen LogP contribution in [0.5, 0.6) is 11.5 Å². The lowest BCUT2D eigenvalue weighted by Crippen LogP contribution is -2.42. The zero-order valence-corrected chi connectivity index (χ0v) is 19.6. The zero-order valence-electron chi connectivity index (χ0n) is 18.9. The Bertz CT molecular complexity index is 806. The minimum atomic E-state index is -0.672. The second kappa shape index (κ2) is 11.9. The lowest BCUT2D eigenvalue weighted by atomic mass is 9.78. The third-order valence-corrected chi connectivity index (χ3v) is 6.14. The molecular weight excluding hydrogens is 430 g/mol. The smallest absolute Gasteiger partial charge is 0.119 e. The summed E-state index contributed by atoms with van der Waals surface area (Å²) >= 11 is 5.60. The van der Waals surface area contributed by atoms with Crippen LogP contribution in [0.3, 0.4) is 0 Å². The minimum Gasteiger partial charge on any atom is -0.491 e. The van der Waals surface area contributed by atoms with Gasteiger partial charge in [-0.25, -0.2) is 0 Å². The summed E-state index contributed by atoms with van der Waals surface area (Å²) in [7, 11) is 0. The van der Waals surface area contributed by atoms with Crippen LogP contribution in [0.15, 0.2) is 48.5 Å². The van der Waals surface area contributed by atoms with Crippen molar-refractivity contribution in [3.63, 3.8) is 0 Å². The molecule has 7 heteroatoms. The van der Waals surface area contributed by atoms with E-state index in [0.29, 0.717) is 12.3 Å². The molecule has 1 aliphatic rings. The van der Waals surface area contributed by atoms with Crippen molar-refractivity contribution in [2.24, 2.45) is 0 Å². The average molecular weight is 464 g/mol. The zero-order chi connectivity index (χ0) is 23.0. The molecule has 0 aromatic heterocycles. The fourth-order valence-corrected chi connectivity index (χ4v) is 3.76. The summed E-state index contributed by atoms with van der Waals surface area (Å²) in [6.07, 6.45) is -1.20. The van der Waals surface area contributed by atoms with Crippen molar-refractivity contribution in [3.05, 3.63) is 59.7 Å². The van der Waals surface area contributed by atoms with E-state index in [2.05, 4.69) is 30.9 Å². The van der Waals surface area contributed by atoms with Gasteiger partial charge in [0.2, 0.25) is 0 Å². The number of hydrogen-bond acceptors (Lipinski definition) is 6. The Balaban J connectivity index is 1.53. The van der Waals surface area contributed by atoms with E-state index in [1.165, 1.54) is 0 Å². The molecule has 1 fully saturated rings. The van der Waals surface area contributed by atoms with Gasteiger partial charge in [0.05, 0.1) is 19.1 Å². The van der Waals surface area contributed by atoms with Crippen LogP contribution in [0.2, 0.25) is 0 Å². The highest BCUT2D eigenvalue weighted by Crippen LogP contribution is 2.33. The van der Waals surface area contributed by atoms with Crippen molar-refractivity contribution in [2.75, 3.05) is 51.9 Å². The van der Waals surface area contributed by atoms with Crippen LogP contribution in [0, 0.1) is 0 Å². The molecule has 2 N–H and O–H groups in total. The molecule has 32 heavy (non-hydrogen) atoms. The summed E-state index contributed by atoms with van der Waals surface area (Å²) in [5.41, 5.74) is 2.10. The van der Waals surface area contributed by atoms with Gasteiger partial charge in [0.1, 0.15) is 36.9 Å². The number of morpholine rings is 1. The highest BCUT2D eigenvalue weighted by molar-refractivity contribution is 6.18. The molecule has 0 saturated carbocycles. The number of halogens is 1. The van der Waals surface area contributed by atoms with Gasteiger partial charge in [-0.2, -0.15) is 0 Å². The Morgan fingerprint density at radius 2 is 1.34 bits per heavy atom. The summed E-state index contributed by atoms with van der Waals surface area (Å²) in [6.45, 7) is 8.51. The van der Waals surface area contributed by atoms with E-state index in [1.54, 1.807) is 0 Å². The average Bonchev–Trinajstić information content (AvgIpc) is 2.82. The Labute approximate surface area is 195 Å². The number of rotatable bonds is 11. The van der Waals surface area contributed by atoms with Crippen molar-refractivity contribution in [1.82, 2.24) is 4.90 Å². The Hall–Kier alpha value is -1.83. The normalized spacial score (nSPS) is 17.0. The number of alkyl halides is 1. The summed E-state index contributed by atoms with van der Waals surface area (Å²) in [6, 6.07) is 15.9. The second-order valence-corrected chi connectivity index (χ2v) is 8.98. The van der Waals surface area contributed by atoms with Crippen molar-refractivity contribution in [1.29, 1.82) is 0 Å². The third-order valence-electron chi connectivity index (χ3n) is 5.79. The maximum Gasteiger partial charge on any atom is 0.119 e. The number of hydrogen-bond donors (Lipinski definition) is 2. The molecular formula is C25H34ClNO5. The van der Waals surface area contributed by atoms with Crippen LogP contribution in [0.25, 0.3) is 0 Å². The first-order valence-corrected chi connectivity index (χ1v) is 11.6. The van der Waals surface area contributed by atoms with Crippen LogP contribution >= 0.6 is 11.6 Å². The van der Waals surface area contributed by atoms with Gasteiger partial charge in [-0.3, -0.25) is 4.90 Å². The van der Waals surface area contributed by atoms with Gasteiger partial charge in [-0.05, 0) is 35.4 Å². The number of nitrogens with zero attached hydrogens (tertiary/aromatic N) is 1. The predicted molar refractivity (Wildman–Crippen MR) is 126 cm³/mol. The van der Waals surface area contributed by atoms with Crippen molar-refractivity contribution in [3.8, 4) is 11.5 Å². The fourth-order valence-electron chi connectivity index (χ4n) is 3.67. The van der Waals surface area contributed by atoms with Crippen LogP contribution in [-0.4, -0.2) is 79.3 Å². The molecule has 0 bridgehead atoms. The molecule has 0 radical (unpaired) electrons. The monoisotopic (exact) mass is 463 g/mol. The van der Waals surface area contributed by atoms with Crippen molar-refractivity contribution >= 4 is 11.6 Å². The first-order valence-electron chi connectivity index (χ1n) is 11.1. The van der Waals surface area contributed by atoms with E-state index >= 15 is 0 Å². The first kappa shape index (κ1) is 24.8. The summed E-state index contributed by atoms with van der Waals surface area (Å²) < 4.78 is 16.7. The van der Waals surface area contributed by atoms with Gasteiger partial charge in [-0.1, -0.05) is 38.1 Å². The van der Waals surface area contributed by atoms with E-state index < -0.39 is 12.2 Å². The molecule has 1 saturated heterocycles. The van der Waals surface area contributed by atoms with E-state index in [0.717, 1.165) is 43.2 Å². The lowest BCUT2D eigenvalue weighted by molar-refractivity contribution is 0.00465. The Morgan fingerprint density at radius 1 is 0.875 bits per heavy atom. The number of aliphatic hydroxyl groups is 2. The molecule has 0 spiro atoms. The molecule has 1 aliphatic heterocycles. The minimum absolute atomic E-state index is 0.150. The molecule has 2 atom stereocenters. The predicted octanol–water partition coefficient (Wildman–Crippen LogP) is 3.06. The molecule has 2 aromatic carbocycles. The molecule has 6 nitrogen and oxygen atoms in total. The molecule has 0 unspecified atom stereocenters. The topological polar surface area (TPSA) is 71.4 Å². The molecule has 3 rings (SSSR count). The number of aliphatic hydroxyl groups excluding tert-OH is 2. The highest BCUT2D eigenvalue weighted by atomic mass is 35.5. The van der Waals surface area contributed by atoms with Crippen molar-refractivity contribution < 1.29 is 24.4 Å². The van der Waals surface area contributed by atoms with Gasteiger partial charge >= 0.3 is 0 Å². The highest BCUT2D eigenvalue weighted by Gasteiger charge is 2.23. The number of β-amino-alcohol motifs (C(OH)–C–C–N with tert-alkyl or cyclic N) is 1. The SMILES string of the molecule is CC(C)(c1ccc(OC[C@H](O)CCl)cc1)c1ccc(OC[C@H](O)CN2CCOCC2)cc1. The van der Waals surface area contributed by atoms with Gasteiger partial charge in [0, 0.05) is 25.0 Å². The summed E-state index contributed by atoms with van der Waals surface area (Å²) in [5.74, 6) is 1.60. The number of benzene rings is 2. The van der Waals surface area contributed by atoms with Crippen LogP contribution in [-0.2, 0) is 10.2 Å². The van der Waals surface area contributed by atoms with Gasteiger partial charge < -0.3 is 24.4 Å². The molecule has 0 aliphatic carbocycles. The largest absolute Gasteiger partial charge is 0.491 e. The maximum atomic E-state index is 10.3. The molecule has 2 aromatic rings. The van der Waals surface area contributed by atoms with Crippen LogP contribution in [0.4, 0.5) is 0 Å². The van der Waals surface area contributed by atoms with Crippen LogP contribution < -0.4 is 9.47 Å². The summed E-state index contributed by atoms with van der Waals surface area (Å²) in [4.78, 5) is 2.19. The van der Waals surface area contributed by atoms with E-state index in [9.17, 15) is 10.2 Å². The molecule has 1 heterocycles. The van der Waals surface area contributed by atoms with Crippen molar-refractivity contribution in [2.45, 2.75) is 31.5 Å². The fraction of sp³-hybridized carbons (Fsp3) is 0.520. The van der Waals surface area contributed by atoms with Gasteiger partial charge in [0.25, 0.3) is 0 Å². The quantitative estimate of drug-likeness (QED) is 0.499. The number of ether oxygens (including phenoxy) is 3. The second-order valence-electron chi connectivity index (χ2n) is 8.67. The molecule has 0 amide bonds. The van der Waals surface area contributed by atoms with Gasteiger partial charge in [-0.15, -0.1) is 11.6 Å². The van der Waals surface area contributed by atoms with Crippen LogP contribution in [0.1, 0.15) is 25.0 Å². The lowest BCUT2D eigenvalue weighted by Gasteiger charge is -2.28. The van der Waals surface area contributed by atoms with Gasteiger partial charge in [0.15, 0.2) is 0 Å². The Morgan fingerprint density at radius 3 is 1.81 bits per heavy atom. The summed E-state index contributed by atoms with van der Waals surface area (Å²) in [5, 5.41) is 19.8. The first-order chi connectivity index (χ1) is 15.4. The third kappa shape index (κ3) is 7.09. The van der Waals surface area contributed by atoms with E-state index in [1.807, 2.05) is 36.4 Å². The Kier molecular flexibility index (Phi) is 9.20. The van der Waals surface area contributed by atoms with E-state index in [4.69, 9.17) is 25.8 Å². The maximum absolute atomic E-state index is 10.3. The standard InChI is InChI=1S/C25H34ClNO5/c1-25(2,19-3-7-23(8-4-19)31-17-21(28)15-26)20-5-9-24(10-6-20)32-18-22(29)16-27-11-13-30-14-12-27/h3-10,21-22,28-29H,11-18H2,1-2H3/t21-,22-/m1/s1.